The molecule has 1 amide bonds. The molecular weight excluding hydrogens is 242 g/mol. The predicted molar refractivity (Wildman–Crippen MR) is 59.3 cm³/mol. The zero-order valence-electron chi connectivity index (χ0n) is 9.73. The number of H-pyrrole nitrogens is 2. The van der Waals surface area contributed by atoms with Crippen molar-refractivity contribution in [3.8, 4) is 0 Å². The molecule has 98 valence electrons. The molecule has 0 aliphatic carbocycles. The Morgan fingerprint density at radius 3 is 2.72 bits per heavy atom. The molecule has 0 radical (unpaired) electrons. The van der Waals surface area contributed by atoms with Crippen LogP contribution in [-0.4, -0.2) is 57.1 Å². The average molecular weight is 255 g/mol. The van der Waals surface area contributed by atoms with Crippen molar-refractivity contribution in [2.75, 3.05) is 19.7 Å². The van der Waals surface area contributed by atoms with Gasteiger partial charge >= 0.3 is 11.7 Å². The van der Waals surface area contributed by atoms with Gasteiger partial charge in [-0.2, -0.15) is 0 Å². The van der Waals surface area contributed by atoms with Crippen molar-refractivity contribution in [1.82, 2.24) is 14.9 Å². The Hall–Kier alpha value is -2.09. The van der Waals surface area contributed by atoms with Crippen molar-refractivity contribution in [3.05, 3.63) is 22.4 Å². The normalized spacial score (nSPS) is 17.3. The molecule has 1 saturated heterocycles. The molecule has 1 aliphatic rings. The third kappa shape index (κ3) is 2.43. The van der Waals surface area contributed by atoms with E-state index in [0.29, 0.717) is 13.1 Å². The third-order valence-corrected chi connectivity index (χ3v) is 2.71. The van der Waals surface area contributed by atoms with E-state index in [1.54, 1.807) is 6.92 Å². The van der Waals surface area contributed by atoms with Crippen LogP contribution >= 0.6 is 0 Å². The lowest BCUT2D eigenvalue weighted by atomic mass is 9.96. The molecule has 8 heteroatoms. The zero-order valence-corrected chi connectivity index (χ0v) is 9.73. The van der Waals surface area contributed by atoms with Gasteiger partial charge in [0.05, 0.1) is 13.1 Å². The lowest BCUT2D eigenvalue weighted by Gasteiger charge is -2.46. The average Bonchev–Trinajstić information content (AvgIpc) is 2.68. The Bertz CT molecular complexity index is 526. The minimum Gasteiger partial charge on any atom is -0.480 e. The highest BCUT2D eigenvalue weighted by Gasteiger charge is 2.43. The van der Waals surface area contributed by atoms with Crippen molar-refractivity contribution >= 4 is 11.9 Å². The third-order valence-electron chi connectivity index (χ3n) is 2.71. The molecule has 0 unspecified atom stereocenters. The Morgan fingerprint density at radius 1 is 1.56 bits per heavy atom. The van der Waals surface area contributed by atoms with Crippen LogP contribution in [0.3, 0.4) is 0 Å². The number of likely N-dealkylation sites (tertiary alicyclic amines) is 1. The summed E-state index contributed by atoms with van der Waals surface area (Å²) in [5.41, 5.74) is -0.894. The monoisotopic (exact) mass is 255 g/mol. The van der Waals surface area contributed by atoms with E-state index in [9.17, 15) is 14.4 Å². The van der Waals surface area contributed by atoms with Crippen molar-refractivity contribution < 1.29 is 19.4 Å². The zero-order chi connectivity index (χ0) is 13.3. The summed E-state index contributed by atoms with van der Waals surface area (Å²) in [6.07, 6.45) is 1.30. The van der Waals surface area contributed by atoms with Gasteiger partial charge in [-0.3, -0.25) is 4.79 Å². The fraction of sp³-hybridized carbons (Fsp3) is 0.500. The number of carbonyl (C=O) groups is 2. The van der Waals surface area contributed by atoms with Gasteiger partial charge in [-0.05, 0) is 6.92 Å². The molecule has 0 aromatic carbocycles. The molecule has 1 aliphatic heterocycles. The molecule has 1 fully saturated rings. The van der Waals surface area contributed by atoms with Crippen LogP contribution in [0.25, 0.3) is 0 Å². The van der Waals surface area contributed by atoms with Gasteiger partial charge in [0.25, 0.3) is 5.91 Å². The molecule has 2 heterocycles. The van der Waals surface area contributed by atoms with Gasteiger partial charge in [0.15, 0.2) is 0 Å². The van der Waals surface area contributed by atoms with Crippen LogP contribution in [0.2, 0.25) is 0 Å². The number of carboxylic acid groups (broad SMARTS) is 1. The maximum atomic E-state index is 11.8. The van der Waals surface area contributed by atoms with Gasteiger partial charge in [-0.25, -0.2) is 9.59 Å². The SMILES string of the molecule is CC1(OCC(=O)O)CN(C(=O)c2c[nH]c(=O)[nH]2)C1. The van der Waals surface area contributed by atoms with Gasteiger partial charge in [0, 0.05) is 6.20 Å². The summed E-state index contributed by atoms with van der Waals surface area (Å²) in [4.78, 5) is 39.2. The lowest BCUT2D eigenvalue weighted by Crippen LogP contribution is -2.63. The highest BCUT2D eigenvalue weighted by Crippen LogP contribution is 2.25. The Morgan fingerprint density at radius 2 is 2.22 bits per heavy atom. The first-order valence-corrected chi connectivity index (χ1v) is 5.32. The van der Waals surface area contributed by atoms with Crippen LogP contribution in [0, 0.1) is 0 Å². The number of hydrogen-bond donors (Lipinski definition) is 3. The van der Waals surface area contributed by atoms with E-state index >= 15 is 0 Å². The van der Waals surface area contributed by atoms with Crippen molar-refractivity contribution in [2.24, 2.45) is 0 Å². The van der Waals surface area contributed by atoms with E-state index in [4.69, 9.17) is 9.84 Å². The van der Waals surface area contributed by atoms with Crippen molar-refractivity contribution in [1.29, 1.82) is 0 Å². The molecule has 0 saturated carbocycles. The van der Waals surface area contributed by atoms with Crippen LogP contribution in [0.5, 0.6) is 0 Å². The summed E-state index contributed by atoms with van der Waals surface area (Å²) in [7, 11) is 0. The summed E-state index contributed by atoms with van der Waals surface area (Å²) >= 11 is 0. The van der Waals surface area contributed by atoms with Crippen LogP contribution in [0.1, 0.15) is 17.4 Å². The number of hydrogen-bond acceptors (Lipinski definition) is 4. The Kier molecular flexibility index (Phi) is 2.95. The van der Waals surface area contributed by atoms with Crippen LogP contribution in [-0.2, 0) is 9.53 Å². The van der Waals surface area contributed by atoms with Gasteiger partial charge in [0.1, 0.15) is 17.9 Å². The number of aliphatic carboxylic acids is 1. The fourth-order valence-corrected chi connectivity index (χ4v) is 1.85. The van der Waals surface area contributed by atoms with Gasteiger partial charge in [-0.15, -0.1) is 0 Å². The van der Waals surface area contributed by atoms with Crippen molar-refractivity contribution in [3.63, 3.8) is 0 Å². The number of ether oxygens (including phenoxy) is 1. The van der Waals surface area contributed by atoms with Gasteiger partial charge < -0.3 is 24.7 Å². The van der Waals surface area contributed by atoms with E-state index < -0.39 is 17.3 Å². The minimum atomic E-state index is -1.05. The lowest BCUT2D eigenvalue weighted by molar-refractivity contribution is -0.159. The van der Waals surface area contributed by atoms with Gasteiger partial charge in [0.2, 0.25) is 0 Å². The molecule has 2 rings (SSSR count). The number of carbonyl (C=O) groups excluding carboxylic acids is 1. The molecular formula is C10H13N3O5. The van der Waals surface area contributed by atoms with Gasteiger partial charge in [-0.1, -0.05) is 0 Å². The van der Waals surface area contributed by atoms with Crippen LogP contribution in [0.4, 0.5) is 0 Å². The molecule has 3 N–H and O–H groups in total. The number of nitrogens with one attached hydrogen (secondary N) is 2. The second-order valence-electron chi connectivity index (χ2n) is 4.45. The molecule has 1 aromatic rings. The number of imidazole rings is 1. The second-order valence-corrected chi connectivity index (χ2v) is 4.45. The van der Waals surface area contributed by atoms with E-state index in [1.807, 2.05) is 0 Å². The molecule has 18 heavy (non-hydrogen) atoms. The van der Waals surface area contributed by atoms with Crippen LogP contribution in [0.15, 0.2) is 11.0 Å². The fourth-order valence-electron chi connectivity index (χ4n) is 1.85. The number of aromatic nitrogens is 2. The first-order chi connectivity index (χ1) is 8.39. The first-order valence-electron chi connectivity index (χ1n) is 5.32. The molecule has 0 bridgehead atoms. The van der Waals surface area contributed by atoms with E-state index in [-0.39, 0.29) is 18.2 Å². The number of carboxylic acids is 1. The van der Waals surface area contributed by atoms with Crippen molar-refractivity contribution in [2.45, 2.75) is 12.5 Å². The summed E-state index contributed by atoms with van der Waals surface area (Å²) in [5.74, 6) is -1.36. The number of aromatic amines is 2. The summed E-state index contributed by atoms with van der Waals surface area (Å²) in [6, 6.07) is 0. The standard InChI is InChI=1S/C10H13N3O5/c1-10(18-3-7(14)15)4-13(5-10)8(16)6-2-11-9(17)12-6/h2H,3-5H2,1H3,(H,14,15)(H2,11,12,17). The highest BCUT2D eigenvalue weighted by molar-refractivity contribution is 5.92. The summed E-state index contributed by atoms with van der Waals surface area (Å²) < 4.78 is 5.18. The van der Waals surface area contributed by atoms with E-state index in [1.165, 1.54) is 11.1 Å². The minimum absolute atomic E-state index is 0.181. The van der Waals surface area contributed by atoms with E-state index in [0.717, 1.165) is 0 Å². The number of rotatable bonds is 4. The number of nitrogens with zero attached hydrogens (tertiary/aromatic N) is 1. The maximum Gasteiger partial charge on any atom is 0.329 e. The molecule has 0 atom stereocenters. The molecule has 1 aromatic heterocycles. The maximum absolute atomic E-state index is 11.8. The first kappa shape index (κ1) is 12.4. The summed E-state index contributed by atoms with van der Waals surface area (Å²) in [5, 5.41) is 8.50. The molecule has 8 nitrogen and oxygen atoms in total. The second kappa shape index (κ2) is 4.30. The largest absolute Gasteiger partial charge is 0.480 e. The highest BCUT2D eigenvalue weighted by atomic mass is 16.5. The summed E-state index contributed by atoms with van der Waals surface area (Å²) in [6.45, 7) is 1.94. The quantitative estimate of drug-likeness (QED) is 0.639. The number of amides is 1. The smallest absolute Gasteiger partial charge is 0.329 e. The van der Waals surface area contributed by atoms with Crippen LogP contribution < -0.4 is 5.69 Å². The topological polar surface area (TPSA) is 115 Å². The Balaban J connectivity index is 1.90. The molecule has 0 spiro atoms. The Labute approximate surface area is 102 Å². The predicted octanol–water partition coefficient (Wildman–Crippen LogP) is -0.981. The van der Waals surface area contributed by atoms with E-state index in [2.05, 4.69) is 9.97 Å².